The van der Waals surface area contributed by atoms with Gasteiger partial charge in [0.2, 0.25) is 0 Å². The topological polar surface area (TPSA) is 50.8 Å². The van der Waals surface area contributed by atoms with Crippen LogP contribution in [0.4, 0.5) is 10.5 Å². The van der Waals surface area contributed by atoms with Gasteiger partial charge in [-0.15, -0.1) is 0 Å². The number of hydrogen-bond acceptors (Lipinski definition) is 3. The fraction of sp³-hybridized carbons (Fsp3) is 0.316. The third-order valence-electron chi connectivity index (χ3n) is 4.41. The number of nitrogens with one attached hydrogen (secondary N) is 1. The molecule has 2 aliphatic heterocycles. The number of carbonyl (C=O) groups excluding carboxylic acids is 1. The van der Waals surface area contributed by atoms with Crippen molar-refractivity contribution in [2.45, 2.75) is 25.6 Å². The summed E-state index contributed by atoms with van der Waals surface area (Å²) in [6.45, 7) is 3.13. The summed E-state index contributed by atoms with van der Waals surface area (Å²) in [6, 6.07) is 13.0. The zero-order valence-corrected chi connectivity index (χ0v) is 14.6. The van der Waals surface area contributed by atoms with Gasteiger partial charge in [-0.2, -0.15) is 0 Å². The number of carbonyl (C=O) groups is 1. The van der Waals surface area contributed by atoms with Gasteiger partial charge in [-0.3, -0.25) is 0 Å². The number of anilines is 1. The van der Waals surface area contributed by atoms with Gasteiger partial charge in [0, 0.05) is 12.1 Å². The highest BCUT2D eigenvalue weighted by Crippen LogP contribution is 2.31. The SMILES string of the molecule is C[C@@H]1Cc2cc(NC(=O)N3CC(Oc4ccccc4Cl)C3)ccc2O1. The highest BCUT2D eigenvalue weighted by Gasteiger charge is 2.33. The minimum Gasteiger partial charge on any atom is -0.490 e. The van der Waals surface area contributed by atoms with Gasteiger partial charge in [0.15, 0.2) is 0 Å². The van der Waals surface area contributed by atoms with Gasteiger partial charge in [0.05, 0.1) is 18.1 Å². The lowest BCUT2D eigenvalue weighted by atomic mass is 10.1. The second kappa shape index (κ2) is 6.48. The van der Waals surface area contributed by atoms with E-state index in [9.17, 15) is 4.79 Å². The Kier molecular flexibility index (Phi) is 4.17. The highest BCUT2D eigenvalue weighted by atomic mass is 35.5. The smallest absolute Gasteiger partial charge is 0.322 e. The van der Waals surface area contributed by atoms with Gasteiger partial charge < -0.3 is 19.7 Å². The second-order valence-corrected chi connectivity index (χ2v) is 6.87. The van der Waals surface area contributed by atoms with Crippen LogP contribution >= 0.6 is 11.6 Å². The molecule has 0 spiro atoms. The molecule has 0 aromatic heterocycles. The quantitative estimate of drug-likeness (QED) is 0.903. The second-order valence-electron chi connectivity index (χ2n) is 6.46. The summed E-state index contributed by atoms with van der Waals surface area (Å²) in [5.41, 5.74) is 1.92. The summed E-state index contributed by atoms with van der Waals surface area (Å²) in [4.78, 5) is 14.0. The number of benzene rings is 2. The predicted molar refractivity (Wildman–Crippen MR) is 96.7 cm³/mol. The van der Waals surface area contributed by atoms with E-state index < -0.39 is 0 Å². The molecule has 130 valence electrons. The van der Waals surface area contributed by atoms with E-state index in [4.69, 9.17) is 21.1 Å². The summed E-state index contributed by atoms with van der Waals surface area (Å²) in [7, 11) is 0. The minimum absolute atomic E-state index is 0.0279. The Balaban J connectivity index is 1.31. The summed E-state index contributed by atoms with van der Waals surface area (Å²) in [6.07, 6.45) is 1.04. The Morgan fingerprint density at radius 3 is 2.88 bits per heavy atom. The number of ether oxygens (including phenoxy) is 2. The molecule has 0 aliphatic carbocycles. The monoisotopic (exact) mass is 358 g/mol. The van der Waals surface area contributed by atoms with E-state index in [1.54, 1.807) is 11.0 Å². The maximum Gasteiger partial charge on any atom is 0.322 e. The molecule has 0 saturated carbocycles. The standard InChI is InChI=1S/C19H19ClN2O3/c1-12-8-13-9-14(6-7-17(13)24-12)21-19(23)22-10-15(11-22)25-18-5-3-2-4-16(18)20/h2-7,9,12,15H,8,10-11H2,1H3,(H,21,23)/t12-/m1/s1. The normalized spacial score (nSPS) is 19.0. The number of nitrogens with zero attached hydrogens (tertiary/aromatic N) is 1. The third-order valence-corrected chi connectivity index (χ3v) is 4.73. The first-order valence-electron chi connectivity index (χ1n) is 8.35. The Bertz CT molecular complexity index is 805. The number of amides is 2. The molecule has 0 unspecified atom stereocenters. The molecule has 25 heavy (non-hydrogen) atoms. The van der Waals surface area contributed by atoms with E-state index in [0.717, 1.165) is 23.4 Å². The van der Waals surface area contributed by atoms with E-state index in [1.165, 1.54) is 0 Å². The average molecular weight is 359 g/mol. The van der Waals surface area contributed by atoms with Gasteiger partial charge >= 0.3 is 6.03 Å². The van der Waals surface area contributed by atoms with E-state index in [2.05, 4.69) is 5.32 Å². The van der Waals surface area contributed by atoms with Crippen LogP contribution in [0, 0.1) is 0 Å². The van der Waals surface area contributed by atoms with Crippen molar-refractivity contribution >= 4 is 23.3 Å². The lowest BCUT2D eigenvalue weighted by Gasteiger charge is -2.38. The molecule has 1 N–H and O–H groups in total. The molecular weight excluding hydrogens is 340 g/mol. The van der Waals surface area contributed by atoms with Crippen molar-refractivity contribution in [1.82, 2.24) is 4.90 Å². The van der Waals surface area contributed by atoms with Crippen molar-refractivity contribution in [1.29, 1.82) is 0 Å². The molecule has 1 fully saturated rings. The predicted octanol–water partition coefficient (Wildman–Crippen LogP) is 3.96. The van der Waals surface area contributed by atoms with Gasteiger partial charge in [-0.25, -0.2) is 4.79 Å². The van der Waals surface area contributed by atoms with Crippen LogP contribution in [0.25, 0.3) is 0 Å². The number of urea groups is 1. The number of likely N-dealkylation sites (tertiary alicyclic amines) is 1. The van der Waals surface area contributed by atoms with Crippen molar-refractivity contribution in [2.75, 3.05) is 18.4 Å². The van der Waals surface area contributed by atoms with Gasteiger partial charge in [-0.1, -0.05) is 23.7 Å². The molecule has 4 rings (SSSR count). The van der Waals surface area contributed by atoms with Crippen LogP contribution in [-0.2, 0) is 6.42 Å². The molecule has 2 heterocycles. The van der Waals surface area contributed by atoms with Crippen LogP contribution in [0.1, 0.15) is 12.5 Å². The fourth-order valence-corrected chi connectivity index (χ4v) is 3.28. The first-order chi connectivity index (χ1) is 12.1. The van der Waals surface area contributed by atoms with Crippen molar-refractivity contribution in [3.8, 4) is 11.5 Å². The molecule has 6 heteroatoms. The lowest BCUT2D eigenvalue weighted by Crippen LogP contribution is -2.57. The number of halogens is 1. The zero-order chi connectivity index (χ0) is 17.4. The maximum absolute atomic E-state index is 12.3. The van der Waals surface area contributed by atoms with Crippen LogP contribution in [0.15, 0.2) is 42.5 Å². The average Bonchev–Trinajstić information content (AvgIpc) is 2.91. The van der Waals surface area contributed by atoms with E-state index in [-0.39, 0.29) is 18.2 Å². The Morgan fingerprint density at radius 2 is 2.08 bits per heavy atom. The first-order valence-corrected chi connectivity index (χ1v) is 8.73. The van der Waals surface area contributed by atoms with Crippen LogP contribution in [0.2, 0.25) is 5.02 Å². The number of para-hydroxylation sites is 1. The van der Waals surface area contributed by atoms with E-state index in [1.807, 2.05) is 43.3 Å². The van der Waals surface area contributed by atoms with Crippen molar-refractivity contribution in [3.63, 3.8) is 0 Å². The highest BCUT2D eigenvalue weighted by molar-refractivity contribution is 6.32. The number of rotatable bonds is 3. The molecule has 2 amide bonds. The summed E-state index contributed by atoms with van der Waals surface area (Å²) in [5.74, 6) is 1.56. The summed E-state index contributed by atoms with van der Waals surface area (Å²) in [5, 5.41) is 3.52. The Hall–Kier alpha value is -2.40. The maximum atomic E-state index is 12.3. The molecule has 2 aliphatic rings. The van der Waals surface area contributed by atoms with Crippen LogP contribution in [0.3, 0.4) is 0 Å². The lowest BCUT2D eigenvalue weighted by molar-refractivity contribution is 0.0494. The number of fused-ring (bicyclic) bond motifs is 1. The molecule has 0 radical (unpaired) electrons. The molecule has 2 aromatic rings. The van der Waals surface area contributed by atoms with Crippen LogP contribution < -0.4 is 14.8 Å². The fourth-order valence-electron chi connectivity index (χ4n) is 3.10. The molecule has 2 aromatic carbocycles. The van der Waals surface area contributed by atoms with Gasteiger partial charge in [-0.05, 0) is 42.8 Å². The summed E-state index contributed by atoms with van der Waals surface area (Å²) < 4.78 is 11.5. The summed E-state index contributed by atoms with van der Waals surface area (Å²) >= 11 is 6.08. The van der Waals surface area contributed by atoms with Crippen LogP contribution in [0.5, 0.6) is 11.5 Å². The molecule has 1 atom stereocenters. The Labute approximate surface area is 151 Å². The zero-order valence-electron chi connectivity index (χ0n) is 13.9. The van der Waals surface area contributed by atoms with Crippen molar-refractivity contribution < 1.29 is 14.3 Å². The third kappa shape index (κ3) is 3.37. The molecule has 5 nitrogen and oxygen atoms in total. The first kappa shape index (κ1) is 16.1. The largest absolute Gasteiger partial charge is 0.490 e. The van der Waals surface area contributed by atoms with Crippen LogP contribution in [-0.4, -0.2) is 36.2 Å². The van der Waals surface area contributed by atoms with Crippen molar-refractivity contribution in [2.24, 2.45) is 0 Å². The van der Waals surface area contributed by atoms with Gasteiger partial charge in [0.1, 0.15) is 23.7 Å². The van der Waals surface area contributed by atoms with E-state index in [0.29, 0.717) is 23.9 Å². The van der Waals surface area contributed by atoms with E-state index >= 15 is 0 Å². The minimum atomic E-state index is -0.120. The van der Waals surface area contributed by atoms with Gasteiger partial charge in [0.25, 0.3) is 0 Å². The molecular formula is C19H19ClN2O3. The molecule has 1 saturated heterocycles. The molecule has 0 bridgehead atoms. The Morgan fingerprint density at radius 1 is 1.28 bits per heavy atom. The van der Waals surface area contributed by atoms with Crippen molar-refractivity contribution in [3.05, 3.63) is 53.1 Å². The number of hydrogen-bond donors (Lipinski definition) is 1.